The van der Waals surface area contributed by atoms with E-state index in [0.29, 0.717) is 6.61 Å². The Morgan fingerprint density at radius 2 is 2.10 bits per heavy atom. The summed E-state index contributed by atoms with van der Waals surface area (Å²) in [5.41, 5.74) is -0.275. The van der Waals surface area contributed by atoms with Gasteiger partial charge in [-0.05, 0) is 35.0 Å². The standard InChI is InChI=1S/C12H15BrClNO5S/c1-3-20-5-4-15(2)21(18,19)8-6-9(12(16)17)11(14)10(13)7-8/h6-7H,3-5H2,1-2H3,(H,16,17). The Bertz CT molecular complexity index is 635. The van der Waals surface area contributed by atoms with Gasteiger partial charge in [-0.1, -0.05) is 11.6 Å². The molecule has 0 unspecified atom stereocenters. The molecule has 0 amide bonds. The van der Waals surface area contributed by atoms with E-state index in [1.165, 1.54) is 13.1 Å². The fourth-order valence-electron chi connectivity index (χ4n) is 1.51. The van der Waals surface area contributed by atoms with Gasteiger partial charge in [-0.25, -0.2) is 13.2 Å². The minimum absolute atomic E-state index is 0.0431. The van der Waals surface area contributed by atoms with Gasteiger partial charge in [-0.3, -0.25) is 0 Å². The van der Waals surface area contributed by atoms with Gasteiger partial charge in [0.1, 0.15) is 0 Å². The van der Waals surface area contributed by atoms with Crippen molar-refractivity contribution in [2.24, 2.45) is 0 Å². The van der Waals surface area contributed by atoms with Crippen molar-refractivity contribution in [2.45, 2.75) is 11.8 Å². The van der Waals surface area contributed by atoms with Crippen LogP contribution < -0.4 is 0 Å². The van der Waals surface area contributed by atoms with Crippen LogP contribution in [-0.4, -0.2) is 50.6 Å². The predicted molar refractivity (Wildman–Crippen MR) is 82.4 cm³/mol. The van der Waals surface area contributed by atoms with Crippen molar-refractivity contribution < 1.29 is 23.1 Å². The number of hydrogen-bond donors (Lipinski definition) is 1. The van der Waals surface area contributed by atoms with Crippen LogP contribution in [0.2, 0.25) is 5.02 Å². The summed E-state index contributed by atoms with van der Waals surface area (Å²) in [6.07, 6.45) is 0. The highest BCUT2D eigenvalue weighted by atomic mass is 79.9. The number of likely N-dealkylation sites (N-methyl/N-ethyl adjacent to an activating group) is 1. The number of carboxylic acids is 1. The highest BCUT2D eigenvalue weighted by molar-refractivity contribution is 9.10. The fourth-order valence-corrected chi connectivity index (χ4v) is 3.52. The monoisotopic (exact) mass is 399 g/mol. The minimum atomic E-state index is -3.81. The molecule has 0 aromatic heterocycles. The zero-order valence-corrected chi connectivity index (χ0v) is 14.6. The van der Waals surface area contributed by atoms with Gasteiger partial charge in [0, 0.05) is 24.7 Å². The van der Waals surface area contributed by atoms with Crippen LogP contribution >= 0.6 is 27.5 Å². The van der Waals surface area contributed by atoms with E-state index in [0.717, 1.165) is 10.4 Å². The molecule has 0 saturated carbocycles. The Kier molecular flexibility index (Phi) is 6.61. The smallest absolute Gasteiger partial charge is 0.337 e. The Balaban J connectivity index is 3.17. The lowest BCUT2D eigenvalue weighted by Gasteiger charge is -2.18. The SMILES string of the molecule is CCOCCN(C)S(=O)(=O)c1cc(Br)c(Cl)c(C(=O)O)c1. The van der Waals surface area contributed by atoms with Crippen molar-refractivity contribution >= 4 is 43.5 Å². The van der Waals surface area contributed by atoms with Crippen molar-refractivity contribution in [3.8, 4) is 0 Å². The van der Waals surface area contributed by atoms with E-state index in [1.54, 1.807) is 0 Å². The summed E-state index contributed by atoms with van der Waals surface area (Å²) in [6, 6.07) is 2.32. The first-order valence-corrected chi connectivity index (χ1v) is 8.59. The summed E-state index contributed by atoms with van der Waals surface area (Å²) in [5, 5.41) is 9.02. The summed E-state index contributed by atoms with van der Waals surface area (Å²) >= 11 is 8.90. The van der Waals surface area contributed by atoms with E-state index >= 15 is 0 Å². The molecule has 0 saturated heterocycles. The number of aromatic carboxylic acids is 1. The van der Waals surface area contributed by atoms with Gasteiger partial charge in [0.15, 0.2) is 0 Å². The second kappa shape index (κ2) is 7.55. The van der Waals surface area contributed by atoms with Crippen molar-refractivity contribution in [3.63, 3.8) is 0 Å². The number of carboxylic acid groups (broad SMARTS) is 1. The molecule has 0 bridgehead atoms. The Labute approximate surface area is 136 Å². The summed E-state index contributed by atoms with van der Waals surface area (Å²) < 4.78 is 31.2. The normalized spacial score (nSPS) is 11.9. The van der Waals surface area contributed by atoms with Crippen LogP contribution in [0.15, 0.2) is 21.5 Å². The van der Waals surface area contributed by atoms with E-state index in [1.807, 2.05) is 6.92 Å². The van der Waals surface area contributed by atoms with Crippen LogP contribution in [-0.2, 0) is 14.8 Å². The number of nitrogens with zero attached hydrogens (tertiary/aromatic N) is 1. The van der Waals surface area contributed by atoms with Crippen LogP contribution in [0.4, 0.5) is 0 Å². The summed E-state index contributed by atoms with van der Waals surface area (Å²) in [6.45, 7) is 2.72. The average Bonchev–Trinajstić information content (AvgIpc) is 2.41. The Morgan fingerprint density at radius 3 is 2.62 bits per heavy atom. The number of sulfonamides is 1. The van der Waals surface area contributed by atoms with Crippen LogP contribution in [0.5, 0.6) is 0 Å². The van der Waals surface area contributed by atoms with Gasteiger partial charge in [0.2, 0.25) is 10.0 Å². The zero-order valence-electron chi connectivity index (χ0n) is 11.5. The third kappa shape index (κ3) is 4.40. The molecule has 1 N–H and O–H groups in total. The molecule has 1 aromatic rings. The van der Waals surface area contributed by atoms with E-state index < -0.39 is 16.0 Å². The summed E-state index contributed by atoms with van der Waals surface area (Å²) in [4.78, 5) is 11.0. The van der Waals surface area contributed by atoms with Crippen LogP contribution in [0, 0.1) is 0 Å². The van der Waals surface area contributed by atoms with Crippen molar-refractivity contribution in [2.75, 3.05) is 26.8 Å². The Morgan fingerprint density at radius 1 is 1.48 bits per heavy atom. The maximum Gasteiger partial charge on any atom is 0.337 e. The van der Waals surface area contributed by atoms with E-state index in [-0.39, 0.29) is 33.1 Å². The molecule has 0 aliphatic rings. The first-order valence-electron chi connectivity index (χ1n) is 5.98. The maximum absolute atomic E-state index is 12.4. The molecule has 118 valence electrons. The molecule has 0 aliphatic carbocycles. The lowest BCUT2D eigenvalue weighted by atomic mass is 10.2. The topological polar surface area (TPSA) is 83.9 Å². The fraction of sp³-hybridized carbons (Fsp3) is 0.417. The lowest BCUT2D eigenvalue weighted by molar-refractivity contribution is 0.0696. The molecular weight excluding hydrogens is 386 g/mol. The number of halogens is 2. The first-order chi connectivity index (χ1) is 9.71. The molecule has 0 aliphatic heterocycles. The Hall–Kier alpha value is -0.670. The van der Waals surface area contributed by atoms with Gasteiger partial charge in [0.25, 0.3) is 0 Å². The van der Waals surface area contributed by atoms with Crippen LogP contribution in [0.25, 0.3) is 0 Å². The van der Waals surface area contributed by atoms with Crippen molar-refractivity contribution in [1.29, 1.82) is 0 Å². The molecule has 9 heteroatoms. The molecule has 0 spiro atoms. The lowest BCUT2D eigenvalue weighted by Crippen LogP contribution is -2.30. The average molecular weight is 401 g/mol. The van der Waals surface area contributed by atoms with Crippen LogP contribution in [0.3, 0.4) is 0 Å². The number of rotatable bonds is 7. The van der Waals surface area contributed by atoms with E-state index in [9.17, 15) is 13.2 Å². The first kappa shape index (κ1) is 18.4. The van der Waals surface area contributed by atoms with Crippen molar-refractivity contribution in [1.82, 2.24) is 4.31 Å². The van der Waals surface area contributed by atoms with Gasteiger partial charge < -0.3 is 9.84 Å². The molecule has 0 atom stereocenters. The van der Waals surface area contributed by atoms with Gasteiger partial charge >= 0.3 is 5.97 Å². The quantitative estimate of drug-likeness (QED) is 0.711. The molecule has 6 nitrogen and oxygen atoms in total. The third-order valence-electron chi connectivity index (χ3n) is 2.69. The van der Waals surface area contributed by atoms with E-state index in [2.05, 4.69) is 15.9 Å². The van der Waals surface area contributed by atoms with E-state index in [4.69, 9.17) is 21.4 Å². The molecule has 0 heterocycles. The second-order valence-electron chi connectivity index (χ2n) is 4.10. The molecular formula is C12H15BrClNO5S. The number of carbonyl (C=O) groups is 1. The van der Waals surface area contributed by atoms with Crippen LogP contribution in [0.1, 0.15) is 17.3 Å². The maximum atomic E-state index is 12.4. The van der Waals surface area contributed by atoms with Gasteiger partial charge in [0.05, 0.1) is 22.1 Å². The van der Waals surface area contributed by atoms with Gasteiger partial charge in [-0.2, -0.15) is 4.31 Å². The summed E-state index contributed by atoms with van der Waals surface area (Å²) in [7, 11) is -2.41. The molecule has 0 radical (unpaired) electrons. The van der Waals surface area contributed by atoms with Crippen molar-refractivity contribution in [3.05, 3.63) is 27.2 Å². The predicted octanol–water partition coefficient (Wildman–Crippen LogP) is 2.46. The molecule has 21 heavy (non-hydrogen) atoms. The molecule has 1 rings (SSSR count). The minimum Gasteiger partial charge on any atom is -0.478 e. The molecule has 0 fully saturated rings. The zero-order chi connectivity index (χ0) is 16.2. The number of hydrogen-bond acceptors (Lipinski definition) is 4. The highest BCUT2D eigenvalue weighted by Crippen LogP contribution is 2.30. The highest BCUT2D eigenvalue weighted by Gasteiger charge is 2.24. The summed E-state index contributed by atoms with van der Waals surface area (Å²) in [5.74, 6) is -1.30. The van der Waals surface area contributed by atoms with Gasteiger partial charge in [-0.15, -0.1) is 0 Å². The number of ether oxygens (including phenoxy) is 1. The largest absolute Gasteiger partial charge is 0.478 e. The number of benzene rings is 1. The second-order valence-corrected chi connectivity index (χ2v) is 7.37. The molecule has 1 aromatic carbocycles. The third-order valence-corrected chi connectivity index (χ3v) is 5.79.